The van der Waals surface area contributed by atoms with Crippen LogP contribution >= 0.6 is 0 Å². The Hall–Kier alpha value is -3.13. The lowest BCUT2D eigenvalue weighted by molar-refractivity contribution is -0.386. The molecule has 0 saturated carbocycles. The van der Waals surface area contributed by atoms with E-state index < -0.39 is 20.4 Å². The first-order valence-electron chi connectivity index (χ1n) is 8.20. The van der Waals surface area contributed by atoms with Gasteiger partial charge in [-0.05, 0) is 23.6 Å². The largest absolute Gasteiger partial charge is 0.491 e. The molecule has 0 amide bonds. The van der Waals surface area contributed by atoms with Crippen LogP contribution in [0.15, 0.2) is 65.6 Å². The second-order valence-corrected chi connectivity index (χ2v) is 7.92. The minimum atomic E-state index is -3.71. The molecule has 8 heteroatoms. The summed E-state index contributed by atoms with van der Waals surface area (Å²) in [6.45, 7) is 0.533. The van der Waals surface area contributed by atoms with Crippen molar-refractivity contribution in [3.8, 4) is 5.75 Å². The Morgan fingerprint density at radius 3 is 2.48 bits per heavy atom. The molecule has 7 nitrogen and oxygen atoms in total. The first-order chi connectivity index (χ1) is 12.9. The fraction of sp³-hybridized carbons (Fsp3) is 0.158. The van der Waals surface area contributed by atoms with Crippen LogP contribution in [0.5, 0.6) is 5.75 Å². The van der Waals surface area contributed by atoms with E-state index in [0.717, 1.165) is 17.0 Å². The van der Waals surface area contributed by atoms with Crippen molar-refractivity contribution in [1.82, 2.24) is 0 Å². The summed E-state index contributed by atoms with van der Waals surface area (Å²) in [5.74, 6) is 0.717. The number of sulfone groups is 1. The van der Waals surface area contributed by atoms with E-state index in [1.165, 1.54) is 18.2 Å². The Kier molecular flexibility index (Phi) is 5.27. The van der Waals surface area contributed by atoms with Crippen molar-refractivity contribution < 1.29 is 18.1 Å². The van der Waals surface area contributed by atoms with Gasteiger partial charge in [0, 0.05) is 18.2 Å². The summed E-state index contributed by atoms with van der Waals surface area (Å²) in [6.07, 6.45) is 0.947. The number of para-hydroxylation sites is 1. The van der Waals surface area contributed by atoms with E-state index in [2.05, 4.69) is 5.32 Å². The molecule has 0 saturated heterocycles. The summed E-state index contributed by atoms with van der Waals surface area (Å²) >= 11 is 0. The van der Waals surface area contributed by atoms with Crippen molar-refractivity contribution in [2.45, 2.75) is 4.90 Å². The van der Waals surface area contributed by atoms with Crippen LogP contribution in [0.25, 0.3) is 10.8 Å². The molecule has 0 aliphatic carbocycles. The molecule has 0 aliphatic heterocycles. The maximum absolute atomic E-state index is 11.8. The molecule has 0 fully saturated rings. The fourth-order valence-electron chi connectivity index (χ4n) is 2.82. The predicted octanol–water partition coefficient (Wildman–Crippen LogP) is 3.64. The number of hydrogen-bond acceptors (Lipinski definition) is 6. The van der Waals surface area contributed by atoms with Crippen LogP contribution in [0.1, 0.15) is 0 Å². The molecule has 3 rings (SSSR count). The number of fused-ring (bicyclic) bond motifs is 1. The molecule has 0 unspecified atom stereocenters. The number of anilines is 1. The van der Waals surface area contributed by atoms with Crippen LogP contribution in [0.2, 0.25) is 0 Å². The van der Waals surface area contributed by atoms with Crippen molar-refractivity contribution in [1.29, 1.82) is 0 Å². The Morgan fingerprint density at radius 1 is 1.04 bits per heavy atom. The van der Waals surface area contributed by atoms with Crippen molar-refractivity contribution in [2.75, 3.05) is 24.7 Å². The summed E-state index contributed by atoms with van der Waals surface area (Å²) in [4.78, 5) is 10.4. The molecular weight excluding hydrogens is 368 g/mol. The third-order valence-corrected chi connectivity index (χ3v) is 5.13. The molecule has 0 aromatic heterocycles. The van der Waals surface area contributed by atoms with E-state index in [-0.39, 0.29) is 23.7 Å². The van der Waals surface area contributed by atoms with Crippen LogP contribution in [0.4, 0.5) is 11.4 Å². The molecule has 3 aromatic carbocycles. The average molecular weight is 386 g/mol. The van der Waals surface area contributed by atoms with Crippen LogP contribution in [0, 0.1) is 10.1 Å². The lowest BCUT2D eigenvalue weighted by Crippen LogP contribution is -2.14. The molecular formula is C19H18N2O5S. The van der Waals surface area contributed by atoms with Gasteiger partial charge >= 0.3 is 5.69 Å². The molecule has 3 aromatic rings. The highest BCUT2D eigenvalue weighted by molar-refractivity contribution is 7.90. The van der Waals surface area contributed by atoms with Crippen molar-refractivity contribution in [3.05, 3.63) is 70.8 Å². The van der Waals surface area contributed by atoms with E-state index in [1.807, 2.05) is 42.5 Å². The van der Waals surface area contributed by atoms with Crippen molar-refractivity contribution in [3.63, 3.8) is 0 Å². The van der Waals surface area contributed by atoms with E-state index in [1.54, 1.807) is 0 Å². The van der Waals surface area contributed by atoms with E-state index in [9.17, 15) is 18.5 Å². The molecule has 0 spiro atoms. The van der Waals surface area contributed by atoms with Crippen molar-refractivity contribution >= 4 is 32.0 Å². The summed E-state index contributed by atoms with van der Waals surface area (Å²) in [7, 11) is -3.71. The Balaban J connectivity index is 1.73. The lowest BCUT2D eigenvalue weighted by atomic mass is 10.1. The highest BCUT2D eigenvalue weighted by Gasteiger charge is 2.25. The molecule has 0 aliphatic rings. The molecule has 0 bridgehead atoms. The predicted molar refractivity (Wildman–Crippen MR) is 104 cm³/mol. The smallest absolute Gasteiger partial charge is 0.310 e. The highest BCUT2D eigenvalue weighted by atomic mass is 32.2. The Bertz CT molecular complexity index is 1090. The van der Waals surface area contributed by atoms with Crippen LogP contribution in [0.3, 0.4) is 0 Å². The summed E-state index contributed by atoms with van der Waals surface area (Å²) in [6, 6.07) is 17.7. The lowest BCUT2D eigenvalue weighted by Gasteiger charge is -2.12. The molecule has 140 valence electrons. The number of nitrogens with one attached hydrogen (secondary N) is 1. The third-order valence-electron chi connectivity index (χ3n) is 4.01. The van der Waals surface area contributed by atoms with Gasteiger partial charge in [-0.15, -0.1) is 0 Å². The standard InChI is InChI=1S/C19H18N2O5S/c1-27(24,25)18-11-5-9-16(19(18)21(22)23)20-12-13-26-17-10-4-7-14-6-2-3-8-15(14)17/h2-11,20H,12-13H2,1H3. The van der Waals surface area contributed by atoms with Gasteiger partial charge in [-0.25, -0.2) is 8.42 Å². The zero-order valence-electron chi connectivity index (χ0n) is 14.6. The van der Waals surface area contributed by atoms with E-state index in [4.69, 9.17) is 4.74 Å². The number of nitro groups is 1. The monoisotopic (exact) mass is 386 g/mol. The minimum absolute atomic E-state index is 0.143. The highest BCUT2D eigenvalue weighted by Crippen LogP contribution is 2.32. The molecule has 1 N–H and O–H groups in total. The molecule has 0 heterocycles. The van der Waals surface area contributed by atoms with Gasteiger partial charge in [0.1, 0.15) is 22.9 Å². The van der Waals surface area contributed by atoms with E-state index in [0.29, 0.717) is 5.75 Å². The Labute approximate surface area is 156 Å². The number of nitrogens with zero attached hydrogens (tertiary/aromatic N) is 1. The third kappa shape index (κ3) is 4.17. The average Bonchev–Trinajstić information content (AvgIpc) is 2.64. The summed E-state index contributed by atoms with van der Waals surface area (Å²) < 4.78 is 29.4. The maximum Gasteiger partial charge on any atom is 0.310 e. The van der Waals surface area contributed by atoms with Gasteiger partial charge in [0.2, 0.25) is 0 Å². The van der Waals surface area contributed by atoms with Gasteiger partial charge in [0.05, 0.1) is 4.92 Å². The quantitative estimate of drug-likeness (QED) is 0.378. The summed E-state index contributed by atoms with van der Waals surface area (Å²) in [5, 5.41) is 16.3. The van der Waals surface area contributed by atoms with Crippen LogP contribution < -0.4 is 10.1 Å². The first kappa shape index (κ1) is 18.7. The van der Waals surface area contributed by atoms with Crippen LogP contribution in [-0.4, -0.2) is 32.7 Å². The fourth-order valence-corrected chi connectivity index (χ4v) is 3.68. The molecule has 0 atom stereocenters. The number of ether oxygens (including phenoxy) is 1. The van der Waals surface area contributed by atoms with E-state index >= 15 is 0 Å². The first-order valence-corrected chi connectivity index (χ1v) is 10.1. The number of rotatable bonds is 7. The van der Waals surface area contributed by atoms with Gasteiger partial charge in [-0.1, -0.05) is 42.5 Å². The zero-order chi connectivity index (χ0) is 19.4. The van der Waals surface area contributed by atoms with Gasteiger partial charge in [0.25, 0.3) is 0 Å². The molecule has 27 heavy (non-hydrogen) atoms. The molecule has 0 radical (unpaired) electrons. The normalized spacial score (nSPS) is 11.3. The van der Waals surface area contributed by atoms with Crippen LogP contribution in [-0.2, 0) is 9.84 Å². The van der Waals surface area contributed by atoms with Gasteiger partial charge in [-0.3, -0.25) is 10.1 Å². The van der Waals surface area contributed by atoms with Gasteiger partial charge in [0.15, 0.2) is 9.84 Å². The Morgan fingerprint density at radius 2 is 1.74 bits per heavy atom. The van der Waals surface area contributed by atoms with Crippen molar-refractivity contribution in [2.24, 2.45) is 0 Å². The summed E-state index contributed by atoms with van der Waals surface area (Å²) in [5.41, 5.74) is -0.311. The van der Waals surface area contributed by atoms with Gasteiger partial charge < -0.3 is 10.1 Å². The second kappa shape index (κ2) is 7.63. The number of hydrogen-bond donors (Lipinski definition) is 1. The topological polar surface area (TPSA) is 98.5 Å². The zero-order valence-corrected chi connectivity index (χ0v) is 15.4. The second-order valence-electron chi connectivity index (χ2n) is 5.93. The van der Waals surface area contributed by atoms with Gasteiger partial charge in [-0.2, -0.15) is 0 Å². The number of nitro benzene ring substituents is 1. The minimum Gasteiger partial charge on any atom is -0.491 e. The number of benzene rings is 3. The maximum atomic E-state index is 11.8. The SMILES string of the molecule is CS(=O)(=O)c1cccc(NCCOc2cccc3ccccc23)c1[N+](=O)[O-].